The van der Waals surface area contributed by atoms with Crippen molar-refractivity contribution in [1.82, 2.24) is 9.78 Å². The van der Waals surface area contributed by atoms with Crippen LogP contribution in [0.1, 0.15) is 11.4 Å². The van der Waals surface area contributed by atoms with Crippen LogP contribution in [-0.4, -0.2) is 9.78 Å². The third-order valence-electron chi connectivity index (χ3n) is 2.64. The van der Waals surface area contributed by atoms with Gasteiger partial charge in [-0.05, 0) is 41.1 Å². The van der Waals surface area contributed by atoms with E-state index in [1.807, 2.05) is 36.9 Å². The van der Waals surface area contributed by atoms with Crippen LogP contribution in [0.25, 0.3) is 0 Å². The van der Waals surface area contributed by atoms with E-state index in [0.717, 1.165) is 26.0 Å². The standard InChI is InChI=1S/C12H12Br2ClN3/c1-7-12(14)11(18(2)17-7)6-16-10-5-8(13)3-4-9(10)15/h3-5,16H,6H2,1-2H3. The Balaban J connectivity index is 2.19. The highest BCUT2D eigenvalue weighted by atomic mass is 79.9. The fourth-order valence-electron chi connectivity index (χ4n) is 1.68. The third-order valence-corrected chi connectivity index (χ3v) is 4.49. The second-order valence-corrected chi connectivity index (χ2v) is 6.06. The summed E-state index contributed by atoms with van der Waals surface area (Å²) in [4.78, 5) is 0. The van der Waals surface area contributed by atoms with Gasteiger partial charge < -0.3 is 5.32 Å². The Morgan fingerprint density at radius 2 is 2.11 bits per heavy atom. The second kappa shape index (κ2) is 5.63. The summed E-state index contributed by atoms with van der Waals surface area (Å²) in [5.74, 6) is 0. The molecular weight excluding hydrogens is 381 g/mol. The summed E-state index contributed by atoms with van der Waals surface area (Å²) in [6, 6.07) is 5.73. The topological polar surface area (TPSA) is 29.9 Å². The van der Waals surface area contributed by atoms with Gasteiger partial charge in [0, 0.05) is 11.5 Å². The number of hydrogen-bond donors (Lipinski definition) is 1. The summed E-state index contributed by atoms with van der Waals surface area (Å²) in [7, 11) is 1.93. The highest BCUT2D eigenvalue weighted by Crippen LogP contribution is 2.27. The van der Waals surface area contributed by atoms with Crippen LogP contribution in [0.2, 0.25) is 5.02 Å². The molecule has 2 rings (SSSR count). The summed E-state index contributed by atoms with van der Waals surface area (Å²) in [5.41, 5.74) is 2.97. The van der Waals surface area contributed by atoms with Crippen LogP contribution in [0.5, 0.6) is 0 Å². The minimum Gasteiger partial charge on any atom is -0.378 e. The van der Waals surface area contributed by atoms with Crippen molar-refractivity contribution in [3.05, 3.63) is 43.6 Å². The van der Waals surface area contributed by atoms with E-state index in [9.17, 15) is 0 Å². The van der Waals surface area contributed by atoms with Gasteiger partial charge >= 0.3 is 0 Å². The first kappa shape index (κ1) is 13.9. The van der Waals surface area contributed by atoms with E-state index in [-0.39, 0.29) is 0 Å². The van der Waals surface area contributed by atoms with Crippen LogP contribution in [0.4, 0.5) is 5.69 Å². The van der Waals surface area contributed by atoms with Gasteiger partial charge in [0.25, 0.3) is 0 Å². The zero-order valence-corrected chi connectivity index (χ0v) is 13.9. The van der Waals surface area contributed by atoms with Crippen molar-refractivity contribution < 1.29 is 0 Å². The number of nitrogens with one attached hydrogen (secondary N) is 1. The second-order valence-electron chi connectivity index (χ2n) is 3.95. The smallest absolute Gasteiger partial charge is 0.0739 e. The lowest BCUT2D eigenvalue weighted by atomic mass is 10.3. The molecule has 1 heterocycles. The number of nitrogens with zero attached hydrogens (tertiary/aromatic N) is 2. The van der Waals surface area contributed by atoms with Crippen molar-refractivity contribution in [2.45, 2.75) is 13.5 Å². The van der Waals surface area contributed by atoms with Gasteiger partial charge in [-0.25, -0.2) is 0 Å². The normalized spacial score (nSPS) is 10.7. The first-order valence-corrected chi connectivity index (χ1v) is 7.32. The molecule has 0 aliphatic carbocycles. The number of hydrogen-bond acceptors (Lipinski definition) is 2. The quantitative estimate of drug-likeness (QED) is 0.831. The van der Waals surface area contributed by atoms with Crippen LogP contribution in [0, 0.1) is 6.92 Å². The van der Waals surface area contributed by atoms with E-state index in [0.29, 0.717) is 11.6 Å². The summed E-state index contributed by atoms with van der Waals surface area (Å²) in [6.07, 6.45) is 0. The molecule has 0 fully saturated rings. The van der Waals surface area contributed by atoms with Gasteiger partial charge in [-0.2, -0.15) is 5.10 Å². The molecule has 0 aliphatic rings. The van der Waals surface area contributed by atoms with Gasteiger partial charge in [0.2, 0.25) is 0 Å². The molecule has 0 aliphatic heterocycles. The lowest BCUT2D eigenvalue weighted by Crippen LogP contribution is -2.06. The van der Waals surface area contributed by atoms with Gasteiger partial charge in [-0.1, -0.05) is 27.5 Å². The minimum absolute atomic E-state index is 0.661. The molecule has 6 heteroatoms. The molecule has 0 radical (unpaired) electrons. The number of aromatic nitrogens is 2. The summed E-state index contributed by atoms with van der Waals surface area (Å²) >= 11 is 13.1. The molecule has 2 aromatic rings. The van der Waals surface area contributed by atoms with Crippen LogP contribution in [-0.2, 0) is 13.6 Å². The van der Waals surface area contributed by atoms with Crippen molar-refractivity contribution in [2.24, 2.45) is 7.05 Å². The van der Waals surface area contributed by atoms with Crippen LogP contribution < -0.4 is 5.32 Å². The van der Waals surface area contributed by atoms with Gasteiger partial charge in [0.1, 0.15) is 0 Å². The van der Waals surface area contributed by atoms with E-state index in [4.69, 9.17) is 11.6 Å². The molecular formula is C12H12Br2ClN3. The van der Waals surface area contributed by atoms with E-state index >= 15 is 0 Å². The fraction of sp³-hybridized carbons (Fsp3) is 0.250. The SMILES string of the molecule is Cc1nn(C)c(CNc2cc(Br)ccc2Cl)c1Br. The van der Waals surface area contributed by atoms with Crippen LogP contribution >= 0.6 is 43.5 Å². The molecule has 0 saturated heterocycles. The van der Waals surface area contributed by atoms with Gasteiger partial charge in [-0.3, -0.25) is 4.68 Å². The molecule has 0 bridgehead atoms. The Morgan fingerprint density at radius 3 is 2.72 bits per heavy atom. The Morgan fingerprint density at radius 1 is 1.39 bits per heavy atom. The predicted molar refractivity (Wildman–Crippen MR) is 82.1 cm³/mol. The van der Waals surface area contributed by atoms with Crippen molar-refractivity contribution in [3.63, 3.8) is 0 Å². The van der Waals surface area contributed by atoms with Crippen molar-refractivity contribution in [1.29, 1.82) is 0 Å². The van der Waals surface area contributed by atoms with Crippen molar-refractivity contribution >= 4 is 49.1 Å². The molecule has 0 unspecified atom stereocenters. The highest BCUT2D eigenvalue weighted by Gasteiger charge is 2.10. The molecule has 3 nitrogen and oxygen atoms in total. The Kier molecular flexibility index (Phi) is 4.35. The largest absolute Gasteiger partial charge is 0.378 e. The van der Waals surface area contributed by atoms with E-state index in [1.165, 1.54) is 0 Å². The molecule has 1 aromatic carbocycles. The molecule has 18 heavy (non-hydrogen) atoms. The Labute approximate surface area is 128 Å². The number of aryl methyl sites for hydroxylation is 2. The van der Waals surface area contributed by atoms with Gasteiger partial charge in [0.05, 0.1) is 33.1 Å². The van der Waals surface area contributed by atoms with E-state index in [2.05, 4.69) is 42.3 Å². The number of rotatable bonds is 3. The number of halogens is 3. The van der Waals surface area contributed by atoms with Gasteiger partial charge in [-0.15, -0.1) is 0 Å². The lowest BCUT2D eigenvalue weighted by molar-refractivity contribution is 0.712. The molecule has 0 saturated carbocycles. The lowest BCUT2D eigenvalue weighted by Gasteiger charge is -2.09. The number of anilines is 1. The molecule has 1 N–H and O–H groups in total. The average molecular weight is 394 g/mol. The summed E-state index contributed by atoms with van der Waals surface area (Å²) in [5, 5.41) is 8.36. The van der Waals surface area contributed by atoms with E-state index in [1.54, 1.807) is 0 Å². The minimum atomic E-state index is 0.661. The average Bonchev–Trinajstić information content (AvgIpc) is 2.55. The first-order chi connectivity index (χ1) is 8.49. The van der Waals surface area contributed by atoms with Crippen LogP contribution in [0.3, 0.4) is 0 Å². The molecule has 1 aromatic heterocycles. The van der Waals surface area contributed by atoms with Crippen molar-refractivity contribution in [3.8, 4) is 0 Å². The van der Waals surface area contributed by atoms with Gasteiger partial charge in [0.15, 0.2) is 0 Å². The summed E-state index contributed by atoms with van der Waals surface area (Å²) < 4.78 is 3.89. The predicted octanol–water partition coefficient (Wildman–Crippen LogP) is 4.52. The molecule has 0 amide bonds. The number of benzene rings is 1. The maximum atomic E-state index is 6.13. The zero-order valence-electron chi connectivity index (χ0n) is 9.97. The third kappa shape index (κ3) is 2.90. The zero-order chi connectivity index (χ0) is 13.3. The Hall–Kier alpha value is -0.520. The van der Waals surface area contributed by atoms with E-state index < -0.39 is 0 Å². The monoisotopic (exact) mass is 391 g/mol. The van der Waals surface area contributed by atoms with Crippen LogP contribution in [0.15, 0.2) is 27.1 Å². The fourth-order valence-corrected chi connectivity index (χ4v) is 2.71. The Bertz CT molecular complexity index is 581. The molecule has 96 valence electrons. The maximum absolute atomic E-state index is 6.13. The van der Waals surface area contributed by atoms with Crippen molar-refractivity contribution in [2.75, 3.05) is 5.32 Å². The summed E-state index contributed by atoms with van der Waals surface area (Å²) in [6.45, 7) is 2.63. The molecule has 0 spiro atoms. The molecule has 0 atom stereocenters. The first-order valence-electron chi connectivity index (χ1n) is 5.36. The highest BCUT2D eigenvalue weighted by molar-refractivity contribution is 9.10. The maximum Gasteiger partial charge on any atom is 0.0739 e.